The monoisotopic (exact) mass is 572 g/mol. The van der Waals surface area contributed by atoms with Crippen molar-refractivity contribution in [2.45, 2.75) is 51.2 Å². The first kappa shape index (κ1) is 26.8. The van der Waals surface area contributed by atoms with Gasteiger partial charge < -0.3 is 24.3 Å². The first-order valence-electron chi connectivity index (χ1n) is 14.7. The molecule has 0 saturated heterocycles. The average molecular weight is 573 g/mol. The third-order valence-electron chi connectivity index (χ3n) is 8.55. The number of para-hydroxylation sites is 1. The van der Waals surface area contributed by atoms with Crippen LogP contribution in [0, 0.1) is 11.9 Å². The van der Waals surface area contributed by atoms with Gasteiger partial charge in [0.1, 0.15) is 12.2 Å². The number of aromatic nitrogens is 6. The van der Waals surface area contributed by atoms with E-state index in [1.807, 2.05) is 17.7 Å². The van der Waals surface area contributed by atoms with Gasteiger partial charge in [0.2, 0.25) is 5.95 Å². The topological polar surface area (TPSA) is 99.8 Å². The number of nitrogens with zero attached hydrogens (tertiary/aromatic N) is 7. The van der Waals surface area contributed by atoms with Crippen LogP contribution in [0.4, 0.5) is 8.78 Å². The Kier molecular flexibility index (Phi) is 6.76. The zero-order valence-corrected chi connectivity index (χ0v) is 23.6. The summed E-state index contributed by atoms with van der Waals surface area (Å²) in [6, 6.07) is 9.76. The predicted molar refractivity (Wildman–Crippen MR) is 156 cm³/mol. The molecular formula is C31H34F2N8O. The molecule has 0 spiro atoms. The summed E-state index contributed by atoms with van der Waals surface area (Å²) in [5, 5.41) is 1.16. The number of carbonyl (C=O) groups excluding carboxylic acids is 1. The molecule has 1 saturated carbocycles. The van der Waals surface area contributed by atoms with Gasteiger partial charge in [-0.05, 0) is 49.3 Å². The van der Waals surface area contributed by atoms with E-state index in [2.05, 4.69) is 33.8 Å². The quantitative estimate of drug-likeness (QED) is 0.270. The van der Waals surface area contributed by atoms with E-state index in [1.54, 1.807) is 9.47 Å². The van der Waals surface area contributed by atoms with E-state index >= 15 is 0 Å². The number of hydrogen-bond donors (Lipinski definition) is 1. The van der Waals surface area contributed by atoms with Crippen molar-refractivity contribution in [3.63, 3.8) is 0 Å². The van der Waals surface area contributed by atoms with Crippen LogP contribution in [0.5, 0.6) is 0 Å². The highest BCUT2D eigenvalue weighted by Crippen LogP contribution is 2.38. The summed E-state index contributed by atoms with van der Waals surface area (Å²) < 4.78 is 32.6. The molecular weight excluding hydrogens is 538 g/mol. The van der Waals surface area contributed by atoms with Gasteiger partial charge in [-0.25, -0.2) is 19.3 Å². The number of alkyl halides is 1. The minimum absolute atomic E-state index is 0.173. The Hall–Kier alpha value is -4.12. The van der Waals surface area contributed by atoms with Gasteiger partial charge in [0, 0.05) is 45.0 Å². The highest BCUT2D eigenvalue weighted by atomic mass is 19.1. The Morgan fingerprint density at radius 2 is 2.05 bits per heavy atom. The van der Waals surface area contributed by atoms with Crippen LogP contribution in [0.3, 0.4) is 0 Å². The fraction of sp³-hybridized carbons (Fsp3) is 0.419. The summed E-state index contributed by atoms with van der Waals surface area (Å²) in [6.45, 7) is 1.59. The zero-order valence-electron chi connectivity index (χ0n) is 23.6. The molecule has 218 valence electrons. The highest BCUT2D eigenvalue weighted by Gasteiger charge is 2.30. The second kappa shape index (κ2) is 10.6. The van der Waals surface area contributed by atoms with Gasteiger partial charge in [-0.2, -0.15) is 4.39 Å². The van der Waals surface area contributed by atoms with Crippen molar-refractivity contribution in [2.75, 3.05) is 19.8 Å². The van der Waals surface area contributed by atoms with E-state index < -0.39 is 18.7 Å². The molecule has 1 aliphatic heterocycles. The van der Waals surface area contributed by atoms with Crippen LogP contribution in [0.2, 0.25) is 0 Å². The van der Waals surface area contributed by atoms with Gasteiger partial charge in [0.15, 0.2) is 11.5 Å². The molecule has 1 fully saturated rings. The lowest BCUT2D eigenvalue weighted by atomic mass is 10.0. The Balaban J connectivity index is 1.26. The van der Waals surface area contributed by atoms with E-state index in [-0.39, 0.29) is 12.5 Å². The lowest BCUT2D eigenvalue weighted by Gasteiger charge is -2.29. The average Bonchev–Trinajstić information content (AvgIpc) is 3.47. The van der Waals surface area contributed by atoms with E-state index in [0.717, 1.165) is 47.6 Å². The lowest BCUT2D eigenvalue weighted by molar-refractivity contribution is 0.0723. The van der Waals surface area contributed by atoms with Crippen molar-refractivity contribution < 1.29 is 13.6 Å². The number of pyridine rings is 1. The summed E-state index contributed by atoms with van der Waals surface area (Å²) in [6.07, 6.45) is 7.70. The van der Waals surface area contributed by atoms with E-state index in [4.69, 9.17) is 15.7 Å². The summed E-state index contributed by atoms with van der Waals surface area (Å²) in [4.78, 5) is 28.5. The second-order valence-electron chi connectivity index (χ2n) is 11.7. The molecule has 1 atom stereocenters. The first-order valence-corrected chi connectivity index (χ1v) is 14.7. The molecule has 4 aromatic heterocycles. The van der Waals surface area contributed by atoms with E-state index in [9.17, 15) is 13.6 Å². The molecule has 1 aromatic carbocycles. The number of halogens is 2. The largest absolute Gasteiger partial charge is 0.337 e. The summed E-state index contributed by atoms with van der Waals surface area (Å²) in [7, 11) is 1.98. The molecule has 0 radical (unpaired) electrons. The van der Waals surface area contributed by atoms with Crippen LogP contribution in [0.15, 0.2) is 42.9 Å². The van der Waals surface area contributed by atoms with Gasteiger partial charge in [-0.1, -0.05) is 18.2 Å². The number of imidazole rings is 2. The number of rotatable bonds is 10. The van der Waals surface area contributed by atoms with Crippen molar-refractivity contribution in [1.82, 2.24) is 33.6 Å². The van der Waals surface area contributed by atoms with Crippen LogP contribution in [-0.4, -0.2) is 65.3 Å². The Morgan fingerprint density at radius 3 is 2.81 bits per heavy atom. The maximum atomic E-state index is 13.3. The third kappa shape index (κ3) is 4.85. The molecule has 7 rings (SSSR count). The first-order chi connectivity index (χ1) is 20.4. The third-order valence-corrected chi connectivity index (χ3v) is 8.55. The van der Waals surface area contributed by atoms with E-state index in [1.165, 1.54) is 36.4 Å². The fourth-order valence-electron chi connectivity index (χ4n) is 6.22. The van der Waals surface area contributed by atoms with Gasteiger partial charge in [-0.3, -0.25) is 4.79 Å². The molecule has 11 heteroatoms. The Morgan fingerprint density at radius 1 is 1.19 bits per heavy atom. The van der Waals surface area contributed by atoms with Crippen LogP contribution in [0.1, 0.15) is 40.9 Å². The van der Waals surface area contributed by atoms with Gasteiger partial charge >= 0.3 is 0 Å². The minimum atomic E-state index is -0.694. The molecule has 2 N–H and O–H groups in total. The van der Waals surface area contributed by atoms with Gasteiger partial charge in [-0.15, -0.1) is 0 Å². The summed E-state index contributed by atoms with van der Waals surface area (Å²) in [5.74, 6) is 0.814. The highest BCUT2D eigenvalue weighted by molar-refractivity contribution is 5.99. The van der Waals surface area contributed by atoms with Crippen molar-refractivity contribution in [2.24, 2.45) is 18.7 Å². The van der Waals surface area contributed by atoms with Crippen LogP contribution >= 0.6 is 0 Å². The number of aryl methyl sites for hydroxylation is 3. The smallest absolute Gasteiger partial charge is 0.255 e. The van der Waals surface area contributed by atoms with Crippen molar-refractivity contribution in [1.29, 1.82) is 0 Å². The number of hydrogen-bond acceptors (Lipinski definition) is 5. The minimum Gasteiger partial charge on any atom is -0.337 e. The van der Waals surface area contributed by atoms with Crippen molar-refractivity contribution >= 4 is 28.0 Å². The maximum Gasteiger partial charge on any atom is 0.255 e. The molecule has 42 heavy (non-hydrogen) atoms. The molecule has 5 aromatic rings. The maximum absolute atomic E-state index is 13.3. The molecule has 1 amide bonds. The van der Waals surface area contributed by atoms with Crippen molar-refractivity contribution in [3.8, 4) is 11.5 Å². The number of carbonyl (C=O) groups is 1. The van der Waals surface area contributed by atoms with Crippen LogP contribution < -0.4 is 5.73 Å². The molecule has 9 nitrogen and oxygen atoms in total. The van der Waals surface area contributed by atoms with E-state index in [0.29, 0.717) is 36.5 Å². The SMILES string of the molecule is Cn1c(-c2cc3cccc(CCCn4cnc(F)c4)c3n2CC2CC2)nc2cc3c(nc21)CCN(C[C@H](N)CF)C3=O. The van der Waals surface area contributed by atoms with Gasteiger partial charge in [0.25, 0.3) is 5.91 Å². The normalized spacial score (nSPS) is 16.1. The fourth-order valence-corrected chi connectivity index (χ4v) is 6.22. The molecule has 0 unspecified atom stereocenters. The number of fused-ring (bicyclic) bond motifs is 3. The van der Waals surface area contributed by atoms with Crippen LogP contribution in [-0.2, 0) is 33.0 Å². The summed E-state index contributed by atoms with van der Waals surface area (Å²) in [5.41, 5.74) is 11.9. The Bertz CT molecular complexity index is 1800. The predicted octanol–water partition coefficient (Wildman–Crippen LogP) is 4.26. The molecule has 0 bridgehead atoms. The summed E-state index contributed by atoms with van der Waals surface area (Å²) >= 11 is 0. The number of benzene rings is 1. The molecule has 2 aliphatic rings. The number of nitrogens with two attached hydrogens (primary N) is 1. The molecule has 1 aliphatic carbocycles. The second-order valence-corrected chi connectivity index (χ2v) is 11.7. The van der Waals surface area contributed by atoms with Crippen molar-refractivity contribution in [3.05, 3.63) is 65.6 Å². The standard InChI is InChI=1S/C31H34F2N8O/c1-38-29-25(13-23-24(36-29)9-11-40(31(23)42)16-22(34)14-32)37-30(38)26-12-21-5-2-4-20(28(21)41(26)15-19-7-8-19)6-3-10-39-17-27(33)35-18-39/h2,4-5,12-13,17-19,22H,3,6-11,14-16,34H2,1H3/t22-/m1/s1. The zero-order chi connectivity index (χ0) is 29.0. The van der Waals surface area contributed by atoms with Gasteiger partial charge in [0.05, 0.1) is 41.0 Å². The lowest BCUT2D eigenvalue weighted by Crippen LogP contribution is -2.45. The van der Waals surface area contributed by atoms with Crippen LogP contribution in [0.25, 0.3) is 33.6 Å². The Labute approximate surface area is 242 Å². The molecule has 5 heterocycles. The number of amides is 1.